The van der Waals surface area contributed by atoms with Gasteiger partial charge in [-0.2, -0.15) is 0 Å². The van der Waals surface area contributed by atoms with E-state index in [1.54, 1.807) is 0 Å². The topological polar surface area (TPSA) is 30.5 Å². The highest BCUT2D eigenvalue weighted by atomic mass is 16.7. The maximum absolute atomic E-state index is 5.51. The van der Waals surface area contributed by atoms with Gasteiger partial charge in [-0.3, -0.25) is 0 Å². The Morgan fingerprint density at radius 2 is 1.80 bits per heavy atom. The van der Waals surface area contributed by atoms with Crippen LogP contribution in [0.3, 0.4) is 0 Å². The third-order valence-corrected chi connectivity index (χ3v) is 4.00. The Morgan fingerprint density at radius 3 is 2.40 bits per heavy atom. The van der Waals surface area contributed by atoms with Gasteiger partial charge in [-0.25, -0.2) is 0 Å². The fourth-order valence-corrected chi connectivity index (χ4v) is 2.81. The molecule has 3 nitrogen and oxygen atoms in total. The molecule has 0 fully saturated rings. The Bertz CT molecular complexity index is 489. The van der Waals surface area contributed by atoms with Gasteiger partial charge in [0.1, 0.15) is 39.2 Å². The molecule has 0 spiro atoms. The lowest BCUT2D eigenvalue weighted by Crippen LogP contribution is -2.59. The monoisotopic (exact) mass is 267 g/mol. The van der Waals surface area contributed by atoms with Crippen LogP contribution in [0.5, 0.6) is 11.5 Å². The van der Waals surface area contributed by atoms with Gasteiger partial charge in [0.25, 0.3) is 0 Å². The number of rotatable bonds is 5. The molecule has 2 rings (SSSR count). The number of hydrogen-bond acceptors (Lipinski definition) is 3. The van der Waals surface area contributed by atoms with E-state index in [-0.39, 0.29) is 10.5 Å². The Hall–Kier alpha value is -0.895. The lowest BCUT2D eigenvalue weighted by atomic mass is 9.44. The van der Waals surface area contributed by atoms with Crippen molar-refractivity contribution >= 4 is 39.2 Å². The van der Waals surface area contributed by atoms with Gasteiger partial charge in [-0.1, -0.05) is 23.8 Å². The summed E-state index contributed by atoms with van der Waals surface area (Å²) in [4.78, 5) is 0. The molecule has 1 atom stereocenters. The van der Waals surface area contributed by atoms with E-state index < -0.39 is 0 Å². The van der Waals surface area contributed by atoms with Crippen LogP contribution in [0.2, 0.25) is 0 Å². The zero-order valence-electron chi connectivity index (χ0n) is 13.5. The van der Waals surface area contributed by atoms with Gasteiger partial charge in [0, 0.05) is 6.04 Å². The summed E-state index contributed by atoms with van der Waals surface area (Å²) >= 11 is 0. The molecule has 1 aromatic carbocycles. The fraction of sp³-hybridized carbons (Fsp3) is 0.500. The highest BCUT2D eigenvalue weighted by Crippen LogP contribution is 2.36. The van der Waals surface area contributed by atoms with E-state index >= 15 is 0 Å². The molecule has 20 heavy (non-hydrogen) atoms. The molecule has 1 heterocycles. The van der Waals surface area contributed by atoms with Gasteiger partial charge in [0.05, 0.1) is 0 Å². The second-order valence-corrected chi connectivity index (χ2v) is 7.14. The van der Waals surface area contributed by atoms with E-state index in [4.69, 9.17) is 9.47 Å². The molecule has 102 valence electrons. The van der Waals surface area contributed by atoms with Crippen molar-refractivity contribution in [2.75, 3.05) is 6.79 Å². The molecule has 0 aliphatic carbocycles. The van der Waals surface area contributed by atoms with Crippen molar-refractivity contribution in [1.29, 1.82) is 0 Å². The first-order chi connectivity index (χ1) is 9.24. The summed E-state index contributed by atoms with van der Waals surface area (Å²) in [5.41, 5.74) is 1.28. The summed E-state index contributed by atoms with van der Waals surface area (Å²) < 4.78 is 10.9. The normalized spacial score (nSPS) is 16.1. The summed E-state index contributed by atoms with van der Waals surface area (Å²) in [5, 5.41) is 3.88. The number of ether oxygens (including phenoxy) is 2. The lowest BCUT2D eigenvalue weighted by molar-refractivity contribution is 0.174. The van der Waals surface area contributed by atoms with E-state index in [0.29, 0.717) is 12.8 Å². The molecule has 0 aromatic heterocycles. The van der Waals surface area contributed by atoms with E-state index in [1.807, 2.05) is 6.07 Å². The maximum atomic E-state index is 5.51. The molecule has 0 unspecified atom stereocenters. The van der Waals surface area contributed by atoms with Crippen LogP contribution < -0.4 is 14.8 Å². The summed E-state index contributed by atoms with van der Waals surface area (Å²) in [6.07, 6.45) is 1.08. The number of fused-ring (bicyclic) bond motifs is 1. The molecule has 0 saturated carbocycles. The third-order valence-electron chi connectivity index (χ3n) is 4.00. The minimum Gasteiger partial charge on any atom is -0.454 e. The summed E-state index contributed by atoms with van der Waals surface area (Å²) in [6, 6.07) is 6.70. The zero-order chi connectivity index (χ0) is 15.0. The summed E-state index contributed by atoms with van der Waals surface area (Å²) in [6.45, 7) is 2.56. The van der Waals surface area contributed by atoms with Crippen molar-refractivity contribution < 1.29 is 9.47 Å². The molecule has 0 saturated heterocycles. The highest BCUT2D eigenvalue weighted by Gasteiger charge is 2.33. The number of nitrogens with one attached hydrogen (secondary N) is 1. The number of benzene rings is 1. The second-order valence-electron chi connectivity index (χ2n) is 7.14. The van der Waals surface area contributed by atoms with Crippen molar-refractivity contribution in [1.82, 2.24) is 5.32 Å². The molecular weight excluding hydrogens is 244 g/mol. The van der Waals surface area contributed by atoms with Crippen LogP contribution in [0.15, 0.2) is 18.2 Å². The Kier molecular flexibility index (Phi) is 4.24. The molecule has 0 amide bonds. The van der Waals surface area contributed by atoms with Crippen LogP contribution in [-0.2, 0) is 5.21 Å². The molecule has 8 heteroatoms. The Labute approximate surface area is 126 Å². The number of hydrogen-bond donors (Lipinski definition) is 1. The van der Waals surface area contributed by atoms with Gasteiger partial charge in [-0.05, 0) is 23.8 Å². The van der Waals surface area contributed by atoms with Crippen LogP contribution in [-0.4, -0.2) is 57.3 Å². The smallest absolute Gasteiger partial charge is 0.231 e. The first-order valence-corrected chi connectivity index (χ1v) is 7.42. The average molecular weight is 266 g/mol. The molecule has 0 bridgehead atoms. The largest absolute Gasteiger partial charge is 0.454 e. The molecule has 0 radical (unpaired) electrons. The maximum Gasteiger partial charge on any atom is 0.231 e. The van der Waals surface area contributed by atoms with Gasteiger partial charge in [-0.15, -0.1) is 0 Å². The molecule has 1 aromatic rings. The molecular formula is C12H22B5NO2. The van der Waals surface area contributed by atoms with Gasteiger partial charge in [0.2, 0.25) is 6.79 Å². The SMILES string of the molecule is BC(B)(B)N[C@H](CC)C(B)(B)c1ccc2c(c1)OCO2. The Balaban J connectivity index is 2.28. The second kappa shape index (κ2) is 5.47. The predicted molar refractivity (Wildman–Crippen MR) is 96.9 cm³/mol. The fourth-order valence-electron chi connectivity index (χ4n) is 2.81. The zero-order valence-corrected chi connectivity index (χ0v) is 13.5. The highest BCUT2D eigenvalue weighted by molar-refractivity contribution is 6.59. The summed E-state index contributed by atoms with van der Waals surface area (Å²) in [5.74, 6) is 1.71. The minimum absolute atomic E-state index is 0.0308. The lowest BCUT2D eigenvalue weighted by Gasteiger charge is -2.40. The van der Waals surface area contributed by atoms with Gasteiger partial charge >= 0.3 is 0 Å². The van der Waals surface area contributed by atoms with Crippen molar-refractivity contribution in [3.63, 3.8) is 0 Å². The van der Waals surface area contributed by atoms with E-state index in [1.165, 1.54) is 5.56 Å². The molecule has 1 N–H and O–H groups in total. The van der Waals surface area contributed by atoms with Crippen molar-refractivity contribution in [3.8, 4) is 11.5 Å². The van der Waals surface area contributed by atoms with Crippen LogP contribution >= 0.6 is 0 Å². The standard InChI is InChI=1S/C12H22B5NO2/c1-2-10(18-12(15,16)17)11(13,14)7-3-4-8-9(5-7)20-6-19-8/h3-5,10,18H,2,6,13-17H2,1H3/t10-/m1/s1. The quantitative estimate of drug-likeness (QED) is 0.567. The van der Waals surface area contributed by atoms with Crippen LogP contribution in [0.4, 0.5) is 0 Å². The van der Waals surface area contributed by atoms with Crippen LogP contribution in [0.1, 0.15) is 18.9 Å². The average Bonchev–Trinajstić information content (AvgIpc) is 2.81. The first-order valence-electron chi connectivity index (χ1n) is 7.42. The molecule has 1 aliphatic rings. The van der Waals surface area contributed by atoms with Crippen LogP contribution in [0, 0.1) is 0 Å². The first kappa shape index (κ1) is 15.5. The van der Waals surface area contributed by atoms with Crippen molar-refractivity contribution in [2.45, 2.75) is 29.8 Å². The minimum atomic E-state index is 0.0308. The van der Waals surface area contributed by atoms with Crippen LogP contribution in [0.25, 0.3) is 0 Å². The van der Waals surface area contributed by atoms with E-state index in [9.17, 15) is 0 Å². The third kappa shape index (κ3) is 3.22. The van der Waals surface area contributed by atoms with E-state index in [2.05, 4.69) is 63.6 Å². The summed E-state index contributed by atoms with van der Waals surface area (Å²) in [7, 11) is 11.2. The Morgan fingerprint density at radius 1 is 1.15 bits per heavy atom. The van der Waals surface area contributed by atoms with Gasteiger partial charge in [0.15, 0.2) is 11.5 Å². The molecule has 1 aliphatic heterocycles. The van der Waals surface area contributed by atoms with Crippen molar-refractivity contribution in [3.05, 3.63) is 23.8 Å². The predicted octanol–water partition coefficient (Wildman–Crippen LogP) is -3.29. The van der Waals surface area contributed by atoms with Crippen molar-refractivity contribution in [2.24, 2.45) is 0 Å². The van der Waals surface area contributed by atoms with Gasteiger partial charge < -0.3 is 14.8 Å². The van der Waals surface area contributed by atoms with E-state index in [0.717, 1.165) is 17.9 Å².